The molecule has 2 aromatic rings. The third-order valence-corrected chi connectivity index (χ3v) is 8.55. The van der Waals surface area contributed by atoms with Crippen molar-refractivity contribution in [2.75, 3.05) is 13.2 Å². The minimum atomic E-state index is -2.53. The van der Waals surface area contributed by atoms with Crippen LogP contribution in [0.25, 0.3) is 0 Å². The van der Waals surface area contributed by atoms with E-state index in [0.717, 1.165) is 33.8 Å². The first-order chi connectivity index (χ1) is 19.2. The normalized spacial score (nSPS) is 13.7. The van der Waals surface area contributed by atoms with Gasteiger partial charge in [0, 0.05) is 16.5 Å². The number of aryl methyl sites for hydroxylation is 2. The molecule has 0 saturated heterocycles. The minimum Gasteiger partial charge on any atom is -0.417 e. The van der Waals surface area contributed by atoms with Gasteiger partial charge in [-0.05, 0) is 71.6 Å². The monoisotopic (exact) mass is 634 g/mol. The molecule has 8 heteroatoms. The quantitative estimate of drug-likeness (QED) is 0.253. The predicted molar refractivity (Wildman–Crippen MR) is 182 cm³/mol. The van der Waals surface area contributed by atoms with Crippen molar-refractivity contribution in [3.05, 3.63) is 71.5 Å². The third-order valence-electron chi connectivity index (χ3n) is 7.19. The van der Waals surface area contributed by atoms with Crippen LogP contribution in [0.15, 0.2) is 24.3 Å². The molecule has 0 aliphatic carbocycles. The van der Waals surface area contributed by atoms with Crippen LogP contribution in [0.4, 0.5) is 0 Å². The number of rotatable bonds is 10. The Morgan fingerprint density at radius 1 is 0.581 bits per heavy atom. The number of benzene rings is 2. The van der Waals surface area contributed by atoms with Crippen LogP contribution in [0.3, 0.4) is 0 Å². The van der Waals surface area contributed by atoms with Crippen LogP contribution < -0.4 is 9.05 Å². The second-order valence-corrected chi connectivity index (χ2v) is 17.9. The van der Waals surface area contributed by atoms with E-state index >= 15 is 0 Å². The van der Waals surface area contributed by atoms with E-state index in [1.807, 2.05) is 0 Å². The van der Waals surface area contributed by atoms with Gasteiger partial charge in [0.15, 0.2) is 0 Å². The molecular weight excluding hydrogens is 578 g/mol. The maximum absolute atomic E-state index is 9.27. The van der Waals surface area contributed by atoms with E-state index in [1.54, 1.807) is 0 Å². The average molecular weight is 635 g/mol. The van der Waals surface area contributed by atoms with Crippen molar-refractivity contribution in [3.63, 3.8) is 0 Å². The lowest BCUT2D eigenvalue weighted by molar-refractivity contribution is 0.131. The van der Waals surface area contributed by atoms with E-state index < -0.39 is 22.6 Å². The Balaban J connectivity index is 2.69. The summed E-state index contributed by atoms with van der Waals surface area (Å²) in [5.41, 5.74) is 5.09. The first-order valence-electron chi connectivity index (χ1n) is 14.8. The fourth-order valence-electron chi connectivity index (χ4n) is 4.42. The lowest BCUT2D eigenvalue weighted by Gasteiger charge is -2.32. The minimum absolute atomic E-state index is 0.00975. The molecule has 0 heterocycles. The zero-order valence-corrected chi connectivity index (χ0v) is 30.8. The van der Waals surface area contributed by atoms with Gasteiger partial charge in [-0.25, -0.2) is 0 Å². The lowest BCUT2D eigenvalue weighted by atomic mass is 9.79. The summed E-state index contributed by atoms with van der Waals surface area (Å²) in [6.45, 7) is 38.5. The Hall–Kier alpha value is -1.26. The van der Waals surface area contributed by atoms with Crippen molar-refractivity contribution in [3.8, 4) is 11.5 Å². The Morgan fingerprint density at radius 3 is 1.23 bits per heavy atom. The zero-order chi connectivity index (χ0) is 33.3. The molecule has 2 aromatic carbocycles. The molecule has 0 aliphatic rings. The molecule has 2 rings (SSSR count). The van der Waals surface area contributed by atoms with Crippen LogP contribution in [0.5, 0.6) is 11.5 Å². The highest BCUT2D eigenvalue weighted by Gasteiger charge is 2.33. The fraction of sp³-hybridized carbons (Fsp3) is 0.600. The van der Waals surface area contributed by atoms with Gasteiger partial charge < -0.3 is 23.4 Å². The highest BCUT2D eigenvalue weighted by Crippen LogP contribution is 2.51. The SMILES string of the molecule is [CH2]C([CH2])(COP(O)O)COP(Oc1c(C)cc(C(C)(C)C)cc1C(C)(C)C)Oc1c(C)cc(C(C)(C)C)cc1C(C)(C)C. The standard InChI is InChI=1S/C35H56O6P2/c1-23-17-25(31(3,4)5)19-27(33(9,10)11)29(23)40-43(39-22-35(15,16)21-38-42(36)37)41-30-24(2)18-26(32(6,7)8)20-28(30)34(12,13)14/h17-20,36-37H,15-16,21-22H2,1-14H3. The zero-order valence-electron chi connectivity index (χ0n) is 29.1. The van der Waals surface area contributed by atoms with E-state index in [-0.39, 0.29) is 34.9 Å². The molecular formula is C35H56O6P2. The topological polar surface area (TPSA) is 77.4 Å². The van der Waals surface area contributed by atoms with Crippen LogP contribution in [0, 0.1) is 33.1 Å². The molecule has 242 valence electrons. The lowest BCUT2D eigenvalue weighted by Crippen LogP contribution is -2.26. The molecule has 0 unspecified atom stereocenters. The molecule has 0 atom stereocenters. The smallest absolute Gasteiger partial charge is 0.417 e. The summed E-state index contributed by atoms with van der Waals surface area (Å²) in [7, 11) is -4.53. The molecule has 2 radical (unpaired) electrons. The first-order valence-corrected chi connectivity index (χ1v) is 17.1. The van der Waals surface area contributed by atoms with Crippen LogP contribution in [0.1, 0.15) is 116 Å². The Morgan fingerprint density at radius 2 is 0.930 bits per heavy atom. The van der Waals surface area contributed by atoms with Gasteiger partial charge in [-0.15, -0.1) is 0 Å². The molecule has 0 aromatic heterocycles. The van der Waals surface area contributed by atoms with Gasteiger partial charge >= 0.3 is 17.2 Å². The van der Waals surface area contributed by atoms with Gasteiger partial charge in [0.05, 0.1) is 13.2 Å². The summed E-state index contributed by atoms with van der Waals surface area (Å²) >= 11 is 0. The largest absolute Gasteiger partial charge is 0.463 e. The van der Waals surface area contributed by atoms with E-state index in [1.165, 1.54) is 11.1 Å². The summed E-state index contributed by atoms with van der Waals surface area (Å²) in [4.78, 5) is 18.5. The van der Waals surface area contributed by atoms with Crippen LogP contribution in [-0.2, 0) is 30.7 Å². The van der Waals surface area contributed by atoms with Crippen molar-refractivity contribution >= 4 is 17.2 Å². The Labute approximate surface area is 264 Å². The molecule has 0 saturated carbocycles. The molecule has 0 bridgehead atoms. The highest BCUT2D eigenvalue weighted by molar-refractivity contribution is 7.42. The van der Waals surface area contributed by atoms with Crippen molar-refractivity contribution < 1.29 is 27.9 Å². The van der Waals surface area contributed by atoms with E-state index in [0.29, 0.717) is 0 Å². The molecule has 0 aliphatic heterocycles. The Kier molecular flexibility index (Phi) is 12.0. The van der Waals surface area contributed by atoms with Crippen molar-refractivity contribution in [1.82, 2.24) is 0 Å². The molecule has 2 N–H and O–H groups in total. The van der Waals surface area contributed by atoms with E-state index in [4.69, 9.17) is 18.1 Å². The second-order valence-electron chi connectivity index (χ2n) is 16.0. The van der Waals surface area contributed by atoms with Crippen LogP contribution in [0.2, 0.25) is 0 Å². The molecule has 0 spiro atoms. The van der Waals surface area contributed by atoms with Gasteiger partial charge in [0.1, 0.15) is 11.5 Å². The van der Waals surface area contributed by atoms with Crippen molar-refractivity contribution in [1.29, 1.82) is 0 Å². The van der Waals surface area contributed by atoms with Crippen LogP contribution in [-0.4, -0.2) is 23.0 Å². The van der Waals surface area contributed by atoms with Gasteiger partial charge in [-0.1, -0.05) is 107 Å². The van der Waals surface area contributed by atoms with Gasteiger partial charge in [-0.2, -0.15) is 0 Å². The van der Waals surface area contributed by atoms with Crippen molar-refractivity contribution in [2.45, 2.75) is 119 Å². The van der Waals surface area contributed by atoms with E-state index in [9.17, 15) is 9.79 Å². The maximum atomic E-state index is 9.27. The summed E-state index contributed by atoms with van der Waals surface area (Å²) in [5, 5.41) is 0. The van der Waals surface area contributed by atoms with Crippen molar-refractivity contribution in [2.24, 2.45) is 5.41 Å². The fourth-order valence-corrected chi connectivity index (χ4v) is 6.11. The molecule has 6 nitrogen and oxygen atoms in total. The maximum Gasteiger partial charge on any atom is 0.463 e. The van der Waals surface area contributed by atoms with Crippen LogP contribution >= 0.6 is 17.2 Å². The summed E-state index contributed by atoms with van der Waals surface area (Å²) in [6, 6.07) is 8.80. The number of hydrogen-bond acceptors (Lipinski definition) is 6. The second kappa shape index (κ2) is 13.6. The highest BCUT2D eigenvalue weighted by atomic mass is 31.2. The summed E-state index contributed by atoms with van der Waals surface area (Å²) in [6.07, 6.45) is 0. The molecule has 43 heavy (non-hydrogen) atoms. The Bertz CT molecular complexity index is 1160. The van der Waals surface area contributed by atoms with Gasteiger partial charge in [-0.3, -0.25) is 4.52 Å². The molecule has 0 fully saturated rings. The first kappa shape index (κ1) is 37.9. The van der Waals surface area contributed by atoms with Gasteiger partial charge in [0.2, 0.25) is 0 Å². The third kappa shape index (κ3) is 10.9. The van der Waals surface area contributed by atoms with E-state index in [2.05, 4.69) is 135 Å². The average Bonchev–Trinajstić information content (AvgIpc) is 2.80. The summed E-state index contributed by atoms with van der Waals surface area (Å²) in [5.74, 6) is 1.47. The number of hydrogen-bond donors (Lipinski definition) is 2. The summed E-state index contributed by atoms with van der Waals surface area (Å²) < 4.78 is 24.9. The predicted octanol–water partition coefficient (Wildman–Crippen LogP) is 10.1. The van der Waals surface area contributed by atoms with Gasteiger partial charge in [0.25, 0.3) is 0 Å². The molecule has 0 amide bonds.